The van der Waals surface area contributed by atoms with Gasteiger partial charge in [0, 0.05) is 16.0 Å². The number of benzene rings is 1. The largest absolute Gasteiger partial charge is 0.497 e. The summed E-state index contributed by atoms with van der Waals surface area (Å²) in [6.45, 7) is 2.02. The minimum Gasteiger partial charge on any atom is -0.497 e. The molecule has 0 amide bonds. The molecule has 0 atom stereocenters. The lowest BCUT2D eigenvalue weighted by atomic mass is 10.1. The lowest BCUT2D eigenvalue weighted by molar-refractivity contribution is 0.415. The van der Waals surface area contributed by atoms with Crippen molar-refractivity contribution in [2.45, 2.75) is 11.8 Å². The fourth-order valence-electron chi connectivity index (χ4n) is 2.15. The molecule has 0 saturated heterocycles. The number of hydrogen-bond acceptors (Lipinski definition) is 4. The third-order valence-corrected chi connectivity index (χ3v) is 3.87. The quantitative estimate of drug-likeness (QED) is 0.718. The van der Waals surface area contributed by atoms with Crippen molar-refractivity contribution in [1.82, 2.24) is 15.2 Å². The van der Waals surface area contributed by atoms with E-state index in [0.717, 1.165) is 33.4 Å². The minimum atomic E-state index is 0.773. The number of ether oxygens (including phenoxy) is 1. The number of aromatic amines is 1. The third kappa shape index (κ3) is 1.54. The van der Waals surface area contributed by atoms with Crippen molar-refractivity contribution in [2.75, 3.05) is 13.4 Å². The number of pyridine rings is 1. The molecule has 18 heavy (non-hydrogen) atoms. The Morgan fingerprint density at radius 3 is 2.89 bits per heavy atom. The summed E-state index contributed by atoms with van der Waals surface area (Å²) in [5.41, 5.74) is 2.76. The highest BCUT2D eigenvalue weighted by Gasteiger charge is 2.13. The van der Waals surface area contributed by atoms with E-state index in [1.54, 1.807) is 18.9 Å². The average molecular weight is 259 g/mol. The molecule has 0 spiro atoms. The van der Waals surface area contributed by atoms with Gasteiger partial charge in [0.1, 0.15) is 5.75 Å². The molecule has 0 unspecified atom stereocenters. The summed E-state index contributed by atoms with van der Waals surface area (Å²) in [6, 6.07) is 5.92. The second-order valence-electron chi connectivity index (χ2n) is 4.08. The van der Waals surface area contributed by atoms with E-state index in [1.807, 2.05) is 25.1 Å². The van der Waals surface area contributed by atoms with Gasteiger partial charge in [-0.05, 0) is 31.4 Å². The monoisotopic (exact) mass is 259 g/mol. The van der Waals surface area contributed by atoms with Crippen molar-refractivity contribution < 1.29 is 4.74 Å². The van der Waals surface area contributed by atoms with Crippen LogP contribution in [0.2, 0.25) is 0 Å². The van der Waals surface area contributed by atoms with Crippen LogP contribution >= 0.6 is 11.8 Å². The van der Waals surface area contributed by atoms with E-state index in [1.165, 1.54) is 4.90 Å². The molecule has 0 saturated carbocycles. The third-order valence-electron chi connectivity index (χ3n) is 3.03. The van der Waals surface area contributed by atoms with Crippen molar-refractivity contribution in [3.63, 3.8) is 0 Å². The van der Waals surface area contributed by atoms with Gasteiger partial charge < -0.3 is 4.74 Å². The van der Waals surface area contributed by atoms with E-state index < -0.39 is 0 Å². The summed E-state index contributed by atoms with van der Waals surface area (Å²) in [7, 11) is 1.68. The Morgan fingerprint density at radius 2 is 2.17 bits per heavy atom. The van der Waals surface area contributed by atoms with Gasteiger partial charge >= 0.3 is 0 Å². The predicted molar refractivity (Wildman–Crippen MR) is 74.5 cm³/mol. The molecule has 1 N–H and O–H groups in total. The number of methoxy groups -OCH3 is 1. The molecule has 0 aliphatic rings. The lowest BCUT2D eigenvalue weighted by Crippen LogP contribution is -1.88. The zero-order chi connectivity index (χ0) is 12.7. The Bertz CT molecular complexity index is 736. The minimum absolute atomic E-state index is 0.773. The molecule has 4 nitrogen and oxygen atoms in total. The maximum atomic E-state index is 5.29. The molecule has 5 heteroatoms. The van der Waals surface area contributed by atoms with E-state index in [9.17, 15) is 0 Å². The van der Waals surface area contributed by atoms with Gasteiger partial charge in [0.25, 0.3) is 0 Å². The standard InChI is InChI=1S/C13H13N3OS/c1-7-11-12(18-3)9-6-8(17-2)4-5-10(9)14-13(11)16-15-7/h4-6H,1-3H3,(H,14,15,16). The first kappa shape index (κ1) is 11.3. The summed E-state index contributed by atoms with van der Waals surface area (Å²) in [5.74, 6) is 0.847. The topological polar surface area (TPSA) is 50.8 Å². The summed E-state index contributed by atoms with van der Waals surface area (Å²) in [5, 5.41) is 9.45. The summed E-state index contributed by atoms with van der Waals surface area (Å²) >= 11 is 1.71. The van der Waals surface area contributed by atoms with E-state index in [-0.39, 0.29) is 0 Å². The molecule has 2 heterocycles. The Balaban J connectivity index is 2.49. The first-order chi connectivity index (χ1) is 8.74. The molecule has 0 bridgehead atoms. The lowest BCUT2D eigenvalue weighted by Gasteiger charge is -2.07. The van der Waals surface area contributed by atoms with Crippen molar-refractivity contribution in [3.05, 3.63) is 23.9 Å². The predicted octanol–water partition coefficient (Wildman–Crippen LogP) is 3.15. The molecular weight excluding hydrogens is 246 g/mol. The van der Waals surface area contributed by atoms with Crippen molar-refractivity contribution in [2.24, 2.45) is 0 Å². The molecule has 92 valence electrons. The van der Waals surface area contributed by atoms with Gasteiger partial charge in [-0.1, -0.05) is 0 Å². The van der Waals surface area contributed by atoms with Crippen LogP contribution in [-0.2, 0) is 0 Å². The van der Waals surface area contributed by atoms with Crippen LogP contribution in [0.25, 0.3) is 21.9 Å². The molecule has 3 rings (SSSR count). The molecule has 2 aromatic heterocycles. The van der Waals surface area contributed by atoms with Crippen LogP contribution in [0.3, 0.4) is 0 Å². The number of nitrogens with zero attached hydrogens (tertiary/aromatic N) is 2. The van der Waals surface area contributed by atoms with Crippen LogP contribution < -0.4 is 4.74 Å². The van der Waals surface area contributed by atoms with Crippen molar-refractivity contribution in [1.29, 1.82) is 0 Å². The van der Waals surface area contributed by atoms with Crippen LogP contribution in [0, 0.1) is 6.92 Å². The van der Waals surface area contributed by atoms with Crippen LogP contribution in [0.15, 0.2) is 23.1 Å². The highest BCUT2D eigenvalue weighted by molar-refractivity contribution is 7.99. The maximum Gasteiger partial charge on any atom is 0.182 e. The number of hydrogen-bond donors (Lipinski definition) is 1. The summed E-state index contributed by atoms with van der Waals surface area (Å²) < 4.78 is 5.29. The van der Waals surface area contributed by atoms with Gasteiger partial charge in [-0.25, -0.2) is 4.98 Å². The molecule has 1 aromatic carbocycles. The number of fused-ring (bicyclic) bond motifs is 2. The number of aryl methyl sites for hydroxylation is 1. The first-order valence-electron chi connectivity index (χ1n) is 5.61. The van der Waals surface area contributed by atoms with Gasteiger partial charge in [0.15, 0.2) is 5.65 Å². The Hall–Kier alpha value is -1.75. The molecule has 0 radical (unpaired) electrons. The number of aromatic nitrogens is 3. The fraction of sp³-hybridized carbons (Fsp3) is 0.231. The SMILES string of the molecule is COc1ccc2nc3n[nH]c(C)c3c(SC)c2c1. The number of H-pyrrole nitrogens is 1. The maximum absolute atomic E-state index is 5.29. The Labute approximate surface area is 109 Å². The summed E-state index contributed by atoms with van der Waals surface area (Å²) in [6.07, 6.45) is 2.07. The van der Waals surface area contributed by atoms with Crippen LogP contribution in [0.4, 0.5) is 0 Å². The van der Waals surface area contributed by atoms with E-state index in [4.69, 9.17) is 4.74 Å². The average Bonchev–Trinajstić information content (AvgIpc) is 2.77. The zero-order valence-corrected chi connectivity index (χ0v) is 11.3. The number of rotatable bonds is 2. The Morgan fingerprint density at radius 1 is 1.33 bits per heavy atom. The molecule has 0 aliphatic heterocycles. The first-order valence-corrected chi connectivity index (χ1v) is 6.83. The molecule has 0 fully saturated rings. The molecular formula is C13H13N3OS. The smallest absolute Gasteiger partial charge is 0.182 e. The molecule has 3 aromatic rings. The van der Waals surface area contributed by atoms with Crippen molar-refractivity contribution >= 4 is 33.7 Å². The van der Waals surface area contributed by atoms with Gasteiger partial charge in [-0.15, -0.1) is 11.8 Å². The number of thioether (sulfide) groups is 1. The number of nitrogens with one attached hydrogen (secondary N) is 1. The summed E-state index contributed by atoms with van der Waals surface area (Å²) in [4.78, 5) is 5.77. The van der Waals surface area contributed by atoms with Crippen LogP contribution in [-0.4, -0.2) is 28.5 Å². The van der Waals surface area contributed by atoms with E-state index in [2.05, 4.69) is 21.4 Å². The van der Waals surface area contributed by atoms with Gasteiger partial charge in [0.05, 0.1) is 18.0 Å². The second-order valence-corrected chi connectivity index (χ2v) is 4.89. The second kappa shape index (κ2) is 4.17. The van der Waals surface area contributed by atoms with Crippen molar-refractivity contribution in [3.8, 4) is 5.75 Å². The van der Waals surface area contributed by atoms with Gasteiger partial charge in [0.2, 0.25) is 0 Å². The fourth-order valence-corrected chi connectivity index (χ4v) is 2.98. The zero-order valence-electron chi connectivity index (χ0n) is 10.4. The van der Waals surface area contributed by atoms with Crippen LogP contribution in [0.1, 0.15) is 5.69 Å². The molecule has 0 aliphatic carbocycles. The highest BCUT2D eigenvalue weighted by atomic mass is 32.2. The highest BCUT2D eigenvalue weighted by Crippen LogP contribution is 2.35. The van der Waals surface area contributed by atoms with E-state index >= 15 is 0 Å². The van der Waals surface area contributed by atoms with Gasteiger partial charge in [-0.3, -0.25) is 5.10 Å². The normalized spacial score (nSPS) is 11.3. The van der Waals surface area contributed by atoms with Crippen LogP contribution in [0.5, 0.6) is 5.75 Å². The Kier molecular flexibility index (Phi) is 2.63. The van der Waals surface area contributed by atoms with Gasteiger partial charge in [-0.2, -0.15) is 5.10 Å². The van der Waals surface area contributed by atoms with E-state index in [0.29, 0.717) is 0 Å².